The van der Waals surface area contributed by atoms with Crippen molar-refractivity contribution in [3.63, 3.8) is 0 Å². The van der Waals surface area contributed by atoms with Crippen LogP contribution in [0.25, 0.3) is 0 Å². The summed E-state index contributed by atoms with van der Waals surface area (Å²) in [5.41, 5.74) is 6.01. The highest BCUT2D eigenvalue weighted by atomic mass is 16.1. The molecule has 2 nitrogen and oxygen atoms in total. The molecular formula is C14H23NO. The van der Waals surface area contributed by atoms with E-state index in [9.17, 15) is 4.79 Å². The Morgan fingerprint density at radius 2 is 1.62 bits per heavy atom. The fourth-order valence-electron chi connectivity index (χ4n) is 4.99. The Labute approximate surface area is 98.0 Å². The van der Waals surface area contributed by atoms with Crippen LogP contribution < -0.4 is 5.73 Å². The van der Waals surface area contributed by atoms with Crippen molar-refractivity contribution in [3.8, 4) is 0 Å². The van der Waals surface area contributed by atoms with Crippen molar-refractivity contribution < 1.29 is 4.79 Å². The zero-order chi connectivity index (χ0) is 11.3. The van der Waals surface area contributed by atoms with E-state index in [0.29, 0.717) is 5.78 Å². The molecule has 0 aromatic rings. The van der Waals surface area contributed by atoms with Gasteiger partial charge in [0, 0.05) is 5.41 Å². The fraction of sp³-hybridized carbons (Fsp3) is 0.929. The number of carbonyl (C=O) groups excluding carboxylic acids is 1. The molecule has 0 aliphatic heterocycles. The van der Waals surface area contributed by atoms with Gasteiger partial charge < -0.3 is 5.73 Å². The zero-order valence-corrected chi connectivity index (χ0v) is 10.2. The number of rotatable bonds is 3. The minimum absolute atomic E-state index is 0.0180. The van der Waals surface area contributed by atoms with Crippen LogP contribution in [0.1, 0.15) is 51.9 Å². The Hall–Kier alpha value is -0.370. The number of carbonyl (C=O) groups is 1. The summed E-state index contributed by atoms with van der Waals surface area (Å²) in [6.07, 6.45) is 8.47. The van der Waals surface area contributed by atoms with Gasteiger partial charge in [-0.3, -0.25) is 4.79 Å². The minimum atomic E-state index is -0.198. The second kappa shape index (κ2) is 3.56. The molecule has 2 N–H and O–H groups in total. The molecule has 0 amide bonds. The molecule has 4 aliphatic carbocycles. The summed E-state index contributed by atoms with van der Waals surface area (Å²) in [6, 6.07) is -0.198. The SMILES string of the molecule is CCC(N)C(=O)C12CC3CC(CC(C3)C1)C2. The number of nitrogens with two attached hydrogens (primary N) is 1. The third-order valence-electron chi connectivity index (χ3n) is 5.34. The first-order chi connectivity index (χ1) is 7.63. The van der Waals surface area contributed by atoms with Gasteiger partial charge in [-0.05, 0) is 62.7 Å². The van der Waals surface area contributed by atoms with Crippen LogP contribution in [-0.2, 0) is 4.79 Å². The van der Waals surface area contributed by atoms with Crippen LogP contribution in [0.5, 0.6) is 0 Å². The minimum Gasteiger partial charge on any atom is -0.321 e. The lowest BCUT2D eigenvalue weighted by molar-refractivity contribution is -0.145. The van der Waals surface area contributed by atoms with Gasteiger partial charge >= 0.3 is 0 Å². The molecule has 1 atom stereocenters. The quantitative estimate of drug-likeness (QED) is 0.795. The molecule has 1 unspecified atom stereocenters. The molecule has 0 radical (unpaired) electrons. The topological polar surface area (TPSA) is 43.1 Å². The van der Waals surface area contributed by atoms with Crippen molar-refractivity contribution in [2.24, 2.45) is 28.9 Å². The summed E-state index contributed by atoms with van der Waals surface area (Å²) in [5.74, 6) is 2.94. The zero-order valence-electron chi connectivity index (χ0n) is 10.2. The van der Waals surface area contributed by atoms with Crippen molar-refractivity contribution in [2.45, 2.75) is 57.9 Å². The average Bonchev–Trinajstić information content (AvgIpc) is 2.25. The smallest absolute Gasteiger partial charge is 0.155 e. The summed E-state index contributed by atoms with van der Waals surface area (Å²) in [6.45, 7) is 2.03. The van der Waals surface area contributed by atoms with Gasteiger partial charge in [0.1, 0.15) is 0 Å². The first-order valence-corrected chi connectivity index (χ1v) is 6.93. The van der Waals surface area contributed by atoms with Gasteiger partial charge in [0.15, 0.2) is 5.78 Å². The van der Waals surface area contributed by atoms with E-state index >= 15 is 0 Å². The summed E-state index contributed by atoms with van der Waals surface area (Å²) in [4.78, 5) is 12.5. The van der Waals surface area contributed by atoms with Crippen molar-refractivity contribution in [3.05, 3.63) is 0 Å². The van der Waals surface area contributed by atoms with E-state index in [1.807, 2.05) is 6.92 Å². The van der Waals surface area contributed by atoms with E-state index in [1.54, 1.807) is 0 Å². The van der Waals surface area contributed by atoms with E-state index in [4.69, 9.17) is 5.73 Å². The maximum absolute atomic E-state index is 12.5. The van der Waals surface area contributed by atoms with E-state index in [0.717, 1.165) is 43.4 Å². The molecular weight excluding hydrogens is 198 g/mol. The van der Waals surface area contributed by atoms with Crippen LogP contribution in [0.2, 0.25) is 0 Å². The van der Waals surface area contributed by atoms with E-state index < -0.39 is 0 Å². The molecule has 4 fully saturated rings. The Balaban J connectivity index is 1.85. The number of ketones is 1. The van der Waals surface area contributed by atoms with E-state index in [2.05, 4.69) is 0 Å². The van der Waals surface area contributed by atoms with E-state index in [-0.39, 0.29) is 11.5 Å². The summed E-state index contributed by atoms with van der Waals surface area (Å²) < 4.78 is 0. The maximum Gasteiger partial charge on any atom is 0.155 e. The maximum atomic E-state index is 12.5. The fourth-order valence-corrected chi connectivity index (χ4v) is 4.99. The number of hydrogen-bond donors (Lipinski definition) is 1. The van der Waals surface area contributed by atoms with Gasteiger partial charge in [0.25, 0.3) is 0 Å². The average molecular weight is 221 g/mol. The monoisotopic (exact) mass is 221 g/mol. The molecule has 90 valence electrons. The third kappa shape index (κ3) is 1.46. The molecule has 0 aromatic heterocycles. The highest BCUT2D eigenvalue weighted by Gasteiger charge is 2.54. The van der Waals surface area contributed by atoms with Crippen LogP contribution in [0.15, 0.2) is 0 Å². The molecule has 4 saturated carbocycles. The lowest BCUT2D eigenvalue weighted by atomic mass is 9.48. The van der Waals surface area contributed by atoms with Crippen molar-refractivity contribution >= 4 is 5.78 Å². The Morgan fingerprint density at radius 3 is 2.00 bits per heavy atom. The summed E-state index contributed by atoms with van der Waals surface area (Å²) >= 11 is 0. The van der Waals surface area contributed by atoms with Crippen molar-refractivity contribution in [2.75, 3.05) is 0 Å². The van der Waals surface area contributed by atoms with Crippen LogP contribution in [0.4, 0.5) is 0 Å². The first kappa shape index (κ1) is 10.8. The van der Waals surface area contributed by atoms with Crippen molar-refractivity contribution in [1.29, 1.82) is 0 Å². The highest BCUT2D eigenvalue weighted by molar-refractivity contribution is 5.89. The summed E-state index contributed by atoms with van der Waals surface area (Å²) in [7, 11) is 0. The normalized spacial score (nSPS) is 47.0. The lowest BCUT2D eigenvalue weighted by Crippen LogP contribution is -2.54. The number of hydrogen-bond acceptors (Lipinski definition) is 2. The first-order valence-electron chi connectivity index (χ1n) is 6.93. The molecule has 0 heterocycles. The van der Waals surface area contributed by atoms with Gasteiger partial charge in [-0.15, -0.1) is 0 Å². The molecule has 0 saturated heterocycles. The van der Waals surface area contributed by atoms with Gasteiger partial charge in [0.05, 0.1) is 6.04 Å². The Kier molecular flexibility index (Phi) is 2.39. The van der Waals surface area contributed by atoms with Gasteiger partial charge in [-0.2, -0.15) is 0 Å². The molecule has 4 rings (SSSR count). The van der Waals surface area contributed by atoms with Gasteiger partial charge in [0.2, 0.25) is 0 Å². The lowest BCUT2D eigenvalue weighted by Gasteiger charge is -2.56. The predicted octanol–water partition coefficient (Wildman–Crippen LogP) is 2.51. The Bertz CT molecular complexity index is 275. The molecule has 4 bridgehead atoms. The molecule has 0 spiro atoms. The molecule has 16 heavy (non-hydrogen) atoms. The van der Waals surface area contributed by atoms with Crippen LogP contribution in [0, 0.1) is 23.2 Å². The number of Topliss-reactive ketones (excluding diaryl/α,β-unsaturated/α-hetero) is 1. The largest absolute Gasteiger partial charge is 0.321 e. The van der Waals surface area contributed by atoms with Gasteiger partial charge in [-0.25, -0.2) is 0 Å². The van der Waals surface area contributed by atoms with Crippen LogP contribution in [-0.4, -0.2) is 11.8 Å². The molecule has 4 aliphatic rings. The highest BCUT2D eigenvalue weighted by Crippen LogP contribution is 2.60. The predicted molar refractivity (Wildman–Crippen MR) is 63.9 cm³/mol. The van der Waals surface area contributed by atoms with Crippen LogP contribution >= 0.6 is 0 Å². The molecule has 2 heteroatoms. The van der Waals surface area contributed by atoms with E-state index in [1.165, 1.54) is 19.3 Å². The second-order valence-electron chi connectivity index (χ2n) is 6.58. The van der Waals surface area contributed by atoms with Crippen molar-refractivity contribution in [1.82, 2.24) is 0 Å². The van der Waals surface area contributed by atoms with Gasteiger partial charge in [-0.1, -0.05) is 6.92 Å². The second-order valence-corrected chi connectivity index (χ2v) is 6.58. The Morgan fingerprint density at radius 1 is 1.19 bits per heavy atom. The third-order valence-corrected chi connectivity index (χ3v) is 5.34. The summed E-state index contributed by atoms with van der Waals surface area (Å²) in [5, 5.41) is 0. The standard InChI is InChI=1S/C14H23NO/c1-2-12(15)13(16)14-6-9-3-10(7-14)5-11(4-9)8-14/h9-12H,2-8,15H2,1H3. The van der Waals surface area contributed by atoms with Crippen LogP contribution in [0.3, 0.4) is 0 Å². The molecule has 0 aromatic carbocycles.